The second-order valence-electron chi connectivity index (χ2n) is 4.02. The van der Waals surface area contributed by atoms with Crippen LogP contribution >= 0.6 is 23.2 Å². The third-order valence-corrected chi connectivity index (χ3v) is 3.74. The predicted octanol–water partition coefficient (Wildman–Crippen LogP) is 2.69. The van der Waals surface area contributed by atoms with E-state index in [0.29, 0.717) is 22.2 Å². The Hall–Kier alpha value is -0.490. The Bertz CT molecular complexity index is 485. The first kappa shape index (κ1) is 15.6. The van der Waals surface area contributed by atoms with Gasteiger partial charge in [-0.15, -0.1) is 0 Å². The van der Waals surface area contributed by atoms with Gasteiger partial charge in [-0.25, -0.2) is 13.6 Å². The number of sulfonamides is 1. The van der Waals surface area contributed by atoms with Gasteiger partial charge in [-0.1, -0.05) is 30.1 Å². The van der Waals surface area contributed by atoms with Crippen molar-refractivity contribution in [2.24, 2.45) is 11.1 Å². The number of benzene rings is 1. The minimum atomic E-state index is -3.49. The summed E-state index contributed by atoms with van der Waals surface area (Å²) >= 11 is 11.7. The zero-order chi connectivity index (χ0) is 13.8. The minimum Gasteiger partial charge on any atom is -0.493 e. The van der Waals surface area contributed by atoms with Crippen LogP contribution in [0.3, 0.4) is 0 Å². The molecule has 1 aromatic carbocycles. The van der Waals surface area contributed by atoms with E-state index in [1.54, 1.807) is 18.2 Å². The lowest BCUT2D eigenvalue weighted by Crippen LogP contribution is -2.26. The molecule has 0 saturated heterocycles. The van der Waals surface area contributed by atoms with Crippen LogP contribution in [0.1, 0.15) is 13.3 Å². The zero-order valence-corrected chi connectivity index (χ0v) is 12.2. The smallest absolute Gasteiger partial charge is 0.209 e. The van der Waals surface area contributed by atoms with Gasteiger partial charge in [0.1, 0.15) is 5.75 Å². The van der Waals surface area contributed by atoms with Crippen LogP contribution in [0.15, 0.2) is 18.2 Å². The van der Waals surface area contributed by atoms with Gasteiger partial charge in [0.25, 0.3) is 0 Å². The van der Waals surface area contributed by atoms with E-state index >= 15 is 0 Å². The number of nitrogens with two attached hydrogens (primary N) is 1. The Morgan fingerprint density at radius 2 is 1.83 bits per heavy atom. The van der Waals surface area contributed by atoms with Crippen molar-refractivity contribution in [3.05, 3.63) is 28.2 Å². The summed E-state index contributed by atoms with van der Waals surface area (Å²) in [5.41, 5.74) is 0. The first-order valence-corrected chi connectivity index (χ1v) is 7.86. The molecule has 0 fully saturated rings. The van der Waals surface area contributed by atoms with Crippen molar-refractivity contribution < 1.29 is 13.2 Å². The van der Waals surface area contributed by atoms with Crippen molar-refractivity contribution in [1.82, 2.24) is 0 Å². The van der Waals surface area contributed by atoms with E-state index in [1.165, 1.54) is 0 Å². The normalized spacial score (nSPS) is 13.3. The molecule has 0 aliphatic carbocycles. The molecule has 0 saturated carbocycles. The Balaban J connectivity index is 2.62. The van der Waals surface area contributed by atoms with Crippen LogP contribution in [0.4, 0.5) is 0 Å². The van der Waals surface area contributed by atoms with E-state index in [-0.39, 0.29) is 18.3 Å². The van der Waals surface area contributed by atoms with Gasteiger partial charge in [-0.3, -0.25) is 0 Å². The Kier molecular flexibility index (Phi) is 5.72. The molecule has 0 aliphatic rings. The fourth-order valence-corrected chi connectivity index (χ4v) is 2.93. The first-order valence-electron chi connectivity index (χ1n) is 5.39. The molecule has 102 valence electrons. The molecule has 1 rings (SSSR count). The van der Waals surface area contributed by atoms with Gasteiger partial charge in [0.15, 0.2) is 0 Å². The lowest BCUT2D eigenvalue weighted by atomic mass is 10.1. The molecule has 1 atom stereocenters. The molecule has 0 radical (unpaired) electrons. The van der Waals surface area contributed by atoms with Crippen molar-refractivity contribution >= 4 is 33.2 Å². The highest BCUT2D eigenvalue weighted by Crippen LogP contribution is 2.24. The standard InChI is InChI=1S/C11H15Cl2NO3S/c1-2-8(7-18(14,15)16)6-17-11-4-9(12)3-10(13)5-11/h3-5,8H,2,6-7H2,1H3,(H2,14,15,16). The summed E-state index contributed by atoms with van der Waals surface area (Å²) in [5.74, 6) is 0.260. The maximum Gasteiger partial charge on any atom is 0.209 e. The van der Waals surface area contributed by atoms with Crippen molar-refractivity contribution in [2.45, 2.75) is 13.3 Å². The molecule has 7 heteroatoms. The number of hydrogen-bond acceptors (Lipinski definition) is 3. The number of ether oxygens (including phenoxy) is 1. The minimum absolute atomic E-state index is 0.0994. The first-order chi connectivity index (χ1) is 8.30. The maximum absolute atomic E-state index is 11.0. The van der Waals surface area contributed by atoms with Crippen molar-refractivity contribution in [3.8, 4) is 5.75 Å². The topological polar surface area (TPSA) is 69.4 Å². The zero-order valence-electron chi connectivity index (χ0n) is 9.90. The van der Waals surface area contributed by atoms with E-state index in [4.69, 9.17) is 33.1 Å². The lowest BCUT2D eigenvalue weighted by molar-refractivity contribution is 0.257. The van der Waals surface area contributed by atoms with E-state index in [1.807, 2.05) is 6.92 Å². The van der Waals surface area contributed by atoms with Gasteiger partial charge in [0.2, 0.25) is 10.0 Å². The summed E-state index contributed by atoms with van der Waals surface area (Å²) in [7, 11) is -3.49. The fraction of sp³-hybridized carbons (Fsp3) is 0.455. The highest BCUT2D eigenvalue weighted by atomic mass is 35.5. The van der Waals surface area contributed by atoms with Gasteiger partial charge < -0.3 is 4.74 Å². The molecule has 0 aromatic heterocycles. The third-order valence-electron chi connectivity index (χ3n) is 2.37. The molecule has 0 spiro atoms. The van der Waals surface area contributed by atoms with Crippen LogP contribution in [0.2, 0.25) is 10.0 Å². The molecule has 1 unspecified atom stereocenters. The SMILES string of the molecule is CCC(COc1cc(Cl)cc(Cl)c1)CS(N)(=O)=O. The van der Waals surface area contributed by atoms with Crippen LogP contribution in [-0.4, -0.2) is 20.8 Å². The highest BCUT2D eigenvalue weighted by molar-refractivity contribution is 7.89. The summed E-state index contributed by atoms with van der Waals surface area (Å²) in [5, 5.41) is 5.94. The molecule has 4 nitrogen and oxygen atoms in total. The number of hydrogen-bond donors (Lipinski definition) is 1. The molecule has 2 N–H and O–H groups in total. The molecule has 0 aliphatic heterocycles. The molecule has 0 heterocycles. The fourth-order valence-electron chi connectivity index (χ4n) is 1.44. The molecular formula is C11H15Cl2NO3S. The Morgan fingerprint density at radius 3 is 2.28 bits per heavy atom. The number of halogens is 2. The highest BCUT2D eigenvalue weighted by Gasteiger charge is 2.15. The molecular weight excluding hydrogens is 297 g/mol. The monoisotopic (exact) mass is 311 g/mol. The summed E-state index contributed by atoms with van der Waals surface area (Å²) < 4.78 is 27.5. The van der Waals surface area contributed by atoms with Gasteiger partial charge in [-0.05, 0) is 24.6 Å². The van der Waals surface area contributed by atoms with Crippen LogP contribution in [-0.2, 0) is 10.0 Å². The largest absolute Gasteiger partial charge is 0.493 e. The van der Waals surface area contributed by atoms with Crippen LogP contribution in [0.5, 0.6) is 5.75 Å². The van der Waals surface area contributed by atoms with Crippen LogP contribution in [0, 0.1) is 5.92 Å². The average molecular weight is 312 g/mol. The second-order valence-corrected chi connectivity index (χ2v) is 6.55. The number of primary sulfonamides is 1. The maximum atomic E-state index is 11.0. The van der Waals surface area contributed by atoms with E-state index < -0.39 is 10.0 Å². The quantitative estimate of drug-likeness (QED) is 0.878. The van der Waals surface area contributed by atoms with Gasteiger partial charge in [-0.2, -0.15) is 0 Å². The van der Waals surface area contributed by atoms with E-state index in [2.05, 4.69) is 0 Å². The summed E-state index contributed by atoms with van der Waals surface area (Å²) in [6.45, 7) is 2.13. The molecule has 18 heavy (non-hydrogen) atoms. The van der Waals surface area contributed by atoms with Gasteiger partial charge >= 0.3 is 0 Å². The van der Waals surface area contributed by atoms with Crippen molar-refractivity contribution in [3.63, 3.8) is 0 Å². The predicted molar refractivity (Wildman–Crippen MR) is 73.7 cm³/mol. The van der Waals surface area contributed by atoms with Gasteiger partial charge in [0, 0.05) is 16.0 Å². The van der Waals surface area contributed by atoms with Crippen LogP contribution < -0.4 is 9.88 Å². The molecule has 0 bridgehead atoms. The third kappa shape index (κ3) is 5.91. The Labute approximate surface area is 117 Å². The van der Waals surface area contributed by atoms with Gasteiger partial charge in [0.05, 0.1) is 12.4 Å². The molecule has 1 aromatic rings. The van der Waals surface area contributed by atoms with Crippen molar-refractivity contribution in [2.75, 3.05) is 12.4 Å². The average Bonchev–Trinajstić information content (AvgIpc) is 2.21. The lowest BCUT2D eigenvalue weighted by Gasteiger charge is -2.15. The van der Waals surface area contributed by atoms with E-state index in [0.717, 1.165) is 0 Å². The Morgan fingerprint density at radius 1 is 1.28 bits per heavy atom. The summed E-state index contributed by atoms with van der Waals surface area (Å²) in [6, 6.07) is 4.84. The van der Waals surface area contributed by atoms with Crippen LogP contribution in [0.25, 0.3) is 0 Å². The number of rotatable bonds is 6. The molecule has 0 amide bonds. The van der Waals surface area contributed by atoms with E-state index in [9.17, 15) is 8.42 Å². The second kappa shape index (κ2) is 6.61. The summed E-state index contributed by atoms with van der Waals surface area (Å²) in [6.07, 6.45) is 0.657. The summed E-state index contributed by atoms with van der Waals surface area (Å²) in [4.78, 5) is 0. The van der Waals surface area contributed by atoms with Crippen molar-refractivity contribution in [1.29, 1.82) is 0 Å².